The highest BCUT2D eigenvalue weighted by Crippen LogP contribution is 2.24. The van der Waals surface area contributed by atoms with Gasteiger partial charge in [0.25, 0.3) is 5.91 Å². The van der Waals surface area contributed by atoms with Crippen molar-refractivity contribution >= 4 is 35.0 Å². The minimum atomic E-state index is -0.425. The van der Waals surface area contributed by atoms with E-state index in [0.29, 0.717) is 40.1 Å². The Morgan fingerprint density at radius 2 is 1.73 bits per heavy atom. The summed E-state index contributed by atoms with van der Waals surface area (Å²) in [5, 5.41) is 3.43. The largest absolute Gasteiger partial charge is 0.421 e. The predicted octanol–water partition coefficient (Wildman–Crippen LogP) is 3.96. The van der Waals surface area contributed by atoms with Crippen LogP contribution in [0.1, 0.15) is 28.7 Å². The van der Waals surface area contributed by atoms with Crippen LogP contribution in [0.2, 0.25) is 5.02 Å². The smallest absolute Gasteiger partial charge is 0.308 e. The number of halogens is 1. The third-order valence-electron chi connectivity index (χ3n) is 4.14. The molecule has 0 unspecified atom stereocenters. The van der Waals surface area contributed by atoms with Crippen LogP contribution in [0.15, 0.2) is 54.7 Å². The van der Waals surface area contributed by atoms with E-state index in [1.807, 2.05) is 38.4 Å². The number of rotatable bonds is 6. The molecular formula is C22H21ClN4O3. The number of benzene rings is 2. The molecule has 1 aromatic heterocycles. The van der Waals surface area contributed by atoms with E-state index in [1.165, 1.54) is 13.1 Å². The maximum absolute atomic E-state index is 12.3. The Kier molecular flexibility index (Phi) is 6.64. The van der Waals surface area contributed by atoms with Gasteiger partial charge >= 0.3 is 5.97 Å². The molecule has 7 nitrogen and oxygen atoms in total. The zero-order valence-corrected chi connectivity index (χ0v) is 17.6. The first-order chi connectivity index (χ1) is 14.3. The molecule has 0 radical (unpaired) electrons. The molecule has 1 amide bonds. The van der Waals surface area contributed by atoms with E-state index in [2.05, 4.69) is 15.3 Å². The maximum Gasteiger partial charge on any atom is 0.308 e. The van der Waals surface area contributed by atoms with Gasteiger partial charge in [-0.25, -0.2) is 9.97 Å². The number of carbonyl (C=O) groups is 2. The zero-order valence-electron chi connectivity index (χ0n) is 16.8. The number of nitrogens with zero attached hydrogens (tertiary/aromatic N) is 3. The van der Waals surface area contributed by atoms with Crippen LogP contribution < -0.4 is 15.0 Å². The molecule has 0 saturated heterocycles. The molecule has 0 aliphatic carbocycles. The molecule has 0 atom stereocenters. The summed E-state index contributed by atoms with van der Waals surface area (Å²) in [6, 6.07) is 14.1. The summed E-state index contributed by atoms with van der Waals surface area (Å²) in [6.07, 6.45) is 1.99. The Bertz CT molecular complexity index is 1050. The molecular weight excluding hydrogens is 404 g/mol. The molecule has 8 heteroatoms. The topological polar surface area (TPSA) is 84.4 Å². The number of carbonyl (C=O) groups excluding carboxylic acids is 2. The number of amides is 1. The summed E-state index contributed by atoms with van der Waals surface area (Å²) in [7, 11) is 3.63. The molecule has 0 bridgehead atoms. The van der Waals surface area contributed by atoms with Crippen LogP contribution in [0.3, 0.4) is 0 Å². The normalized spacial score (nSPS) is 10.4. The number of nitrogens with one attached hydrogen (secondary N) is 1. The third kappa shape index (κ3) is 5.55. The van der Waals surface area contributed by atoms with Crippen molar-refractivity contribution in [3.8, 4) is 5.75 Å². The zero-order chi connectivity index (χ0) is 21.7. The van der Waals surface area contributed by atoms with Crippen LogP contribution >= 0.6 is 11.6 Å². The van der Waals surface area contributed by atoms with Crippen molar-refractivity contribution in [3.05, 3.63) is 76.7 Å². The number of hydrogen-bond donors (Lipinski definition) is 1. The summed E-state index contributed by atoms with van der Waals surface area (Å²) in [5.41, 5.74) is 2.18. The standard InChI is InChI=1S/C22H21ClN4O3/c1-14(28)30-19-13-24-20(26-21(19)27(2)3)12-15-4-10-18(11-5-15)25-22(29)16-6-8-17(23)9-7-16/h4-11,13H,12H2,1-3H3,(H,25,29). The fraction of sp³-hybridized carbons (Fsp3) is 0.182. The van der Waals surface area contributed by atoms with Gasteiger partial charge in [-0.1, -0.05) is 23.7 Å². The molecule has 0 aliphatic rings. The van der Waals surface area contributed by atoms with E-state index in [9.17, 15) is 9.59 Å². The van der Waals surface area contributed by atoms with E-state index in [1.54, 1.807) is 29.2 Å². The Labute approximate surface area is 179 Å². The summed E-state index contributed by atoms with van der Waals surface area (Å²) < 4.78 is 5.15. The van der Waals surface area contributed by atoms with Gasteiger partial charge in [-0.05, 0) is 42.0 Å². The van der Waals surface area contributed by atoms with E-state index in [-0.39, 0.29) is 5.91 Å². The second-order valence-corrected chi connectivity index (χ2v) is 7.23. The highest BCUT2D eigenvalue weighted by atomic mass is 35.5. The van der Waals surface area contributed by atoms with Crippen molar-refractivity contribution in [2.24, 2.45) is 0 Å². The van der Waals surface area contributed by atoms with E-state index in [4.69, 9.17) is 16.3 Å². The lowest BCUT2D eigenvalue weighted by molar-refractivity contribution is -0.131. The van der Waals surface area contributed by atoms with Crippen LogP contribution in [0, 0.1) is 0 Å². The lowest BCUT2D eigenvalue weighted by Gasteiger charge is -2.16. The lowest BCUT2D eigenvalue weighted by Crippen LogP contribution is -2.16. The first-order valence-electron chi connectivity index (χ1n) is 9.19. The first kappa shape index (κ1) is 21.3. The molecule has 154 valence electrons. The molecule has 0 fully saturated rings. The van der Waals surface area contributed by atoms with Gasteiger partial charge in [0.1, 0.15) is 5.82 Å². The maximum atomic E-state index is 12.3. The molecule has 30 heavy (non-hydrogen) atoms. The monoisotopic (exact) mass is 424 g/mol. The minimum absolute atomic E-state index is 0.209. The highest BCUT2D eigenvalue weighted by molar-refractivity contribution is 6.30. The van der Waals surface area contributed by atoms with Crippen LogP contribution in [0.25, 0.3) is 0 Å². The third-order valence-corrected chi connectivity index (χ3v) is 4.40. The second-order valence-electron chi connectivity index (χ2n) is 6.80. The number of ether oxygens (including phenoxy) is 1. The van der Waals surface area contributed by atoms with Crippen LogP contribution in [0.5, 0.6) is 5.75 Å². The fourth-order valence-corrected chi connectivity index (χ4v) is 2.85. The van der Waals surface area contributed by atoms with E-state index in [0.717, 1.165) is 5.56 Å². The number of esters is 1. The molecule has 2 aromatic carbocycles. The number of anilines is 2. The van der Waals surface area contributed by atoms with Gasteiger partial charge in [-0.15, -0.1) is 0 Å². The van der Waals surface area contributed by atoms with Gasteiger partial charge in [0.2, 0.25) is 0 Å². The summed E-state index contributed by atoms with van der Waals surface area (Å²) in [6.45, 7) is 1.33. The molecule has 0 aliphatic heterocycles. The SMILES string of the molecule is CC(=O)Oc1cnc(Cc2ccc(NC(=O)c3ccc(Cl)cc3)cc2)nc1N(C)C. The van der Waals surface area contributed by atoms with Crippen LogP contribution in [-0.4, -0.2) is 35.9 Å². The minimum Gasteiger partial charge on any atom is -0.421 e. The fourth-order valence-electron chi connectivity index (χ4n) is 2.72. The Hall–Kier alpha value is -3.45. The van der Waals surface area contributed by atoms with Gasteiger partial charge < -0.3 is 15.0 Å². The van der Waals surface area contributed by atoms with Crippen LogP contribution in [0.4, 0.5) is 11.5 Å². The number of aromatic nitrogens is 2. The van der Waals surface area contributed by atoms with E-state index < -0.39 is 5.97 Å². The van der Waals surface area contributed by atoms with Crippen molar-refractivity contribution in [1.82, 2.24) is 9.97 Å². The highest BCUT2D eigenvalue weighted by Gasteiger charge is 2.13. The average Bonchev–Trinajstić information content (AvgIpc) is 2.70. The molecule has 3 rings (SSSR count). The Morgan fingerprint density at radius 3 is 2.33 bits per heavy atom. The molecule has 0 saturated carbocycles. The van der Waals surface area contributed by atoms with Crippen LogP contribution in [-0.2, 0) is 11.2 Å². The first-order valence-corrected chi connectivity index (χ1v) is 9.57. The van der Waals surface area contributed by atoms with Gasteiger partial charge in [0.15, 0.2) is 11.6 Å². The Morgan fingerprint density at radius 1 is 1.07 bits per heavy atom. The molecule has 0 spiro atoms. The average molecular weight is 425 g/mol. The lowest BCUT2D eigenvalue weighted by atomic mass is 10.1. The van der Waals surface area contributed by atoms with Crippen molar-refractivity contribution < 1.29 is 14.3 Å². The van der Waals surface area contributed by atoms with Gasteiger partial charge in [0, 0.05) is 43.7 Å². The second kappa shape index (κ2) is 9.37. The molecule has 1 heterocycles. The predicted molar refractivity (Wildman–Crippen MR) is 116 cm³/mol. The van der Waals surface area contributed by atoms with Gasteiger partial charge in [-0.2, -0.15) is 0 Å². The van der Waals surface area contributed by atoms with Crippen molar-refractivity contribution in [2.75, 3.05) is 24.3 Å². The van der Waals surface area contributed by atoms with Gasteiger partial charge in [0.05, 0.1) is 6.20 Å². The summed E-state index contributed by atoms with van der Waals surface area (Å²) in [4.78, 5) is 34.1. The molecule has 3 aromatic rings. The quantitative estimate of drug-likeness (QED) is 0.603. The van der Waals surface area contributed by atoms with Crippen molar-refractivity contribution in [1.29, 1.82) is 0 Å². The van der Waals surface area contributed by atoms with Crippen molar-refractivity contribution in [2.45, 2.75) is 13.3 Å². The summed E-state index contributed by atoms with van der Waals surface area (Å²) in [5.74, 6) is 0.802. The van der Waals surface area contributed by atoms with Crippen molar-refractivity contribution in [3.63, 3.8) is 0 Å². The van der Waals surface area contributed by atoms with Gasteiger partial charge in [-0.3, -0.25) is 9.59 Å². The summed E-state index contributed by atoms with van der Waals surface area (Å²) >= 11 is 5.85. The number of hydrogen-bond acceptors (Lipinski definition) is 6. The van der Waals surface area contributed by atoms with E-state index >= 15 is 0 Å². The Balaban J connectivity index is 1.69. The molecule has 1 N–H and O–H groups in total.